The van der Waals surface area contributed by atoms with Gasteiger partial charge in [-0.3, -0.25) is 15.0 Å². The topological polar surface area (TPSA) is 86.5 Å². The van der Waals surface area contributed by atoms with Gasteiger partial charge in [-0.15, -0.1) is 0 Å². The molecule has 0 saturated heterocycles. The minimum atomic E-state index is -0.248. The molecule has 0 aliphatic rings. The van der Waals surface area contributed by atoms with Gasteiger partial charge in [-0.2, -0.15) is 10.2 Å². The van der Waals surface area contributed by atoms with Crippen LogP contribution in [0.15, 0.2) is 18.3 Å². The molecular formula is C9H11N5O. The molecule has 0 atom stereocenters. The molecule has 0 spiro atoms. The van der Waals surface area contributed by atoms with E-state index in [0.717, 1.165) is 12.1 Å². The van der Waals surface area contributed by atoms with E-state index in [2.05, 4.69) is 25.7 Å². The largest absolute Gasteiger partial charge is 0.304 e. The summed E-state index contributed by atoms with van der Waals surface area (Å²) in [7, 11) is 0. The minimum Gasteiger partial charge on any atom is -0.304 e. The Morgan fingerprint density at radius 2 is 2.40 bits per heavy atom. The molecule has 1 amide bonds. The van der Waals surface area contributed by atoms with Gasteiger partial charge in [0, 0.05) is 18.0 Å². The minimum absolute atomic E-state index is 0.248. The van der Waals surface area contributed by atoms with E-state index in [1.54, 1.807) is 12.1 Å². The van der Waals surface area contributed by atoms with Crippen molar-refractivity contribution in [3.8, 4) is 0 Å². The number of rotatable bonds is 3. The Morgan fingerprint density at radius 1 is 1.53 bits per heavy atom. The summed E-state index contributed by atoms with van der Waals surface area (Å²) >= 11 is 0. The van der Waals surface area contributed by atoms with Gasteiger partial charge in [0.1, 0.15) is 5.69 Å². The van der Waals surface area contributed by atoms with Crippen LogP contribution in [0.4, 0.5) is 5.82 Å². The monoisotopic (exact) mass is 205 g/mol. The first kappa shape index (κ1) is 9.45. The highest BCUT2D eigenvalue weighted by Gasteiger charge is 2.08. The van der Waals surface area contributed by atoms with E-state index in [4.69, 9.17) is 0 Å². The summed E-state index contributed by atoms with van der Waals surface area (Å²) in [6, 6.07) is 3.40. The molecule has 2 aromatic rings. The number of amides is 1. The number of hydrogen-bond donors (Lipinski definition) is 3. The summed E-state index contributed by atoms with van der Waals surface area (Å²) < 4.78 is 0. The maximum Gasteiger partial charge on any atom is 0.274 e. The third-order valence-electron chi connectivity index (χ3n) is 2.00. The molecular weight excluding hydrogens is 194 g/mol. The van der Waals surface area contributed by atoms with E-state index in [0.29, 0.717) is 11.5 Å². The van der Waals surface area contributed by atoms with Crippen LogP contribution in [0.2, 0.25) is 0 Å². The molecule has 0 bridgehead atoms. The van der Waals surface area contributed by atoms with Crippen molar-refractivity contribution in [1.29, 1.82) is 0 Å². The second-order valence-electron chi connectivity index (χ2n) is 3.06. The molecule has 0 aromatic carbocycles. The highest BCUT2D eigenvalue weighted by Crippen LogP contribution is 2.07. The second kappa shape index (κ2) is 3.95. The van der Waals surface area contributed by atoms with Gasteiger partial charge in [-0.25, -0.2) is 0 Å². The standard InChI is InChI=1S/C9H11N5O/c1-2-6-5-8(14-12-6)11-9(15)7-3-4-10-13-7/h3-5H,2H2,1H3,(H,10,13)(H2,11,12,14,15). The Hall–Kier alpha value is -2.11. The summed E-state index contributed by atoms with van der Waals surface area (Å²) in [6.45, 7) is 2.01. The third kappa shape index (κ3) is 2.04. The zero-order valence-electron chi connectivity index (χ0n) is 8.24. The molecule has 78 valence electrons. The number of anilines is 1. The van der Waals surface area contributed by atoms with Crippen molar-refractivity contribution in [2.45, 2.75) is 13.3 Å². The number of nitrogens with one attached hydrogen (secondary N) is 3. The van der Waals surface area contributed by atoms with E-state index in [1.807, 2.05) is 6.92 Å². The molecule has 0 aliphatic heterocycles. The lowest BCUT2D eigenvalue weighted by atomic mass is 10.3. The maximum atomic E-state index is 11.5. The van der Waals surface area contributed by atoms with Crippen molar-refractivity contribution in [3.05, 3.63) is 29.7 Å². The molecule has 3 N–H and O–H groups in total. The second-order valence-corrected chi connectivity index (χ2v) is 3.06. The van der Waals surface area contributed by atoms with Crippen LogP contribution in [0, 0.1) is 0 Å². The normalized spacial score (nSPS) is 10.2. The summed E-state index contributed by atoms with van der Waals surface area (Å²) in [5.41, 5.74) is 1.39. The van der Waals surface area contributed by atoms with Crippen LogP contribution < -0.4 is 5.32 Å². The zero-order valence-corrected chi connectivity index (χ0v) is 8.24. The molecule has 15 heavy (non-hydrogen) atoms. The number of aromatic amines is 2. The fourth-order valence-corrected chi connectivity index (χ4v) is 1.17. The van der Waals surface area contributed by atoms with Gasteiger partial charge in [0.15, 0.2) is 5.82 Å². The highest BCUT2D eigenvalue weighted by molar-refractivity contribution is 6.02. The Labute approximate surface area is 86.1 Å². The van der Waals surface area contributed by atoms with E-state index < -0.39 is 0 Å². The van der Waals surface area contributed by atoms with Crippen LogP contribution in [0.1, 0.15) is 23.1 Å². The first-order valence-corrected chi connectivity index (χ1v) is 4.64. The maximum absolute atomic E-state index is 11.5. The predicted molar refractivity (Wildman–Crippen MR) is 54.5 cm³/mol. The molecule has 0 saturated carbocycles. The van der Waals surface area contributed by atoms with Gasteiger partial charge in [0.05, 0.1) is 0 Å². The summed E-state index contributed by atoms with van der Waals surface area (Å²) in [5.74, 6) is 0.271. The Kier molecular flexibility index (Phi) is 2.49. The average Bonchev–Trinajstić information content (AvgIpc) is 2.87. The Balaban J connectivity index is 2.06. The zero-order chi connectivity index (χ0) is 10.7. The van der Waals surface area contributed by atoms with Crippen molar-refractivity contribution in [3.63, 3.8) is 0 Å². The number of carbonyl (C=O) groups is 1. The van der Waals surface area contributed by atoms with Gasteiger partial charge in [0.2, 0.25) is 0 Å². The number of hydrogen-bond acceptors (Lipinski definition) is 3. The lowest BCUT2D eigenvalue weighted by Crippen LogP contribution is -2.12. The van der Waals surface area contributed by atoms with Crippen LogP contribution in [-0.2, 0) is 6.42 Å². The van der Waals surface area contributed by atoms with Crippen LogP contribution in [0.5, 0.6) is 0 Å². The third-order valence-corrected chi connectivity index (χ3v) is 2.00. The fourth-order valence-electron chi connectivity index (χ4n) is 1.17. The molecule has 2 rings (SSSR count). The van der Waals surface area contributed by atoms with Gasteiger partial charge in [-0.05, 0) is 12.5 Å². The van der Waals surface area contributed by atoms with Crippen molar-refractivity contribution in [1.82, 2.24) is 20.4 Å². The van der Waals surface area contributed by atoms with E-state index in [1.165, 1.54) is 6.20 Å². The number of aryl methyl sites for hydroxylation is 1. The van der Waals surface area contributed by atoms with Crippen LogP contribution >= 0.6 is 0 Å². The Morgan fingerprint density at radius 3 is 3.00 bits per heavy atom. The van der Waals surface area contributed by atoms with Crippen LogP contribution in [-0.4, -0.2) is 26.3 Å². The quantitative estimate of drug-likeness (QED) is 0.697. The predicted octanol–water partition coefficient (Wildman–Crippen LogP) is 0.947. The SMILES string of the molecule is CCc1cc(NC(=O)c2ccn[nH]2)n[nH]1. The molecule has 6 heteroatoms. The first-order chi connectivity index (χ1) is 7.29. The van der Waals surface area contributed by atoms with E-state index in [9.17, 15) is 4.79 Å². The smallest absolute Gasteiger partial charge is 0.274 e. The number of H-pyrrole nitrogens is 2. The van der Waals surface area contributed by atoms with Crippen molar-refractivity contribution in [2.24, 2.45) is 0 Å². The molecule has 0 aliphatic carbocycles. The summed E-state index contributed by atoms with van der Waals surface area (Å²) in [5, 5.41) is 15.7. The first-order valence-electron chi connectivity index (χ1n) is 4.64. The van der Waals surface area contributed by atoms with E-state index >= 15 is 0 Å². The van der Waals surface area contributed by atoms with Gasteiger partial charge < -0.3 is 5.32 Å². The molecule has 0 fully saturated rings. The number of nitrogens with zero attached hydrogens (tertiary/aromatic N) is 2. The van der Waals surface area contributed by atoms with Crippen molar-refractivity contribution < 1.29 is 4.79 Å². The fraction of sp³-hybridized carbons (Fsp3) is 0.222. The van der Waals surface area contributed by atoms with Crippen molar-refractivity contribution >= 4 is 11.7 Å². The molecule has 2 heterocycles. The lowest BCUT2D eigenvalue weighted by molar-refractivity contribution is 0.102. The number of aromatic nitrogens is 4. The van der Waals surface area contributed by atoms with Gasteiger partial charge in [0.25, 0.3) is 5.91 Å². The van der Waals surface area contributed by atoms with E-state index in [-0.39, 0.29) is 5.91 Å². The average molecular weight is 205 g/mol. The molecule has 2 aromatic heterocycles. The lowest BCUT2D eigenvalue weighted by Gasteiger charge is -1.96. The van der Waals surface area contributed by atoms with Crippen LogP contribution in [0.25, 0.3) is 0 Å². The van der Waals surface area contributed by atoms with Crippen molar-refractivity contribution in [2.75, 3.05) is 5.32 Å². The Bertz CT molecular complexity index is 445. The highest BCUT2D eigenvalue weighted by atomic mass is 16.2. The van der Waals surface area contributed by atoms with Gasteiger partial charge >= 0.3 is 0 Å². The molecule has 6 nitrogen and oxygen atoms in total. The summed E-state index contributed by atoms with van der Waals surface area (Å²) in [6.07, 6.45) is 2.38. The summed E-state index contributed by atoms with van der Waals surface area (Å²) in [4.78, 5) is 11.5. The number of carbonyl (C=O) groups excluding carboxylic acids is 1. The molecule has 0 radical (unpaired) electrons. The molecule has 0 unspecified atom stereocenters. The van der Waals surface area contributed by atoms with Crippen LogP contribution in [0.3, 0.4) is 0 Å². The van der Waals surface area contributed by atoms with Gasteiger partial charge in [-0.1, -0.05) is 6.92 Å².